The maximum absolute atomic E-state index is 12.9. The van der Waals surface area contributed by atoms with Crippen LogP contribution < -0.4 is 0 Å². The van der Waals surface area contributed by atoms with Crippen molar-refractivity contribution < 1.29 is 14.6 Å². The Hall–Kier alpha value is -0.930. The summed E-state index contributed by atoms with van der Waals surface area (Å²) in [6.45, 7) is 5.46. The second kappa shape index (κ2) is 4.29. The molecule has 1 aromatic rings. The SMILES string of the molecule is CC(C)(C)C(O)C(O)c1cccc(F)c1. The minimum Gasteiger partial charge on any atom is -0.390 e. The van der Waals surface area contributed by atoms with Crippen molar-refractivity contribution in [1.82, 2.24) is 0 Å². The van der Waals surface area contributed by atoms with Crippen LogP contribution in [-0.4, -0.2) is 16.3 Å². The molecule has 0 saturated carbocycles. The van der Waals surface area contributed by atoms with Gasteiger partial charge in [-0.15, -0.1) is 0 Å². The van der Waals surface area contributed by atoms with E-state index < -0.39 is 23.4 Å². The Morgan fingerprint density at radius 2 is 1.80 bits per heavy atom. The topological polar surface area (TPSA) is 40.5 Å². The van der Waals surface area contributed by atoms with Crippen LogP contribution in [0.5, 0.6) is 0 Å². The lowest BCUT2D eigenvalue weighted by molar-refractivity contribution is -0.0459. The number of hydrogen-bond donors (Lipinski definition) is 2. The normalized spacial score (nSPS) is 16.1. The minimum atomic E-state index is -1.05. The Balaban J connectivity index is 2.90. The number of benzene rings is 1. The van der Waals surface area contributed by atoms with Crippen LogP contribution in [0.3, 0.4) is 0 Å². The van der Waals surface area contributed by atoms with E-state index in [-0.39, 0.29) is 0 Å². The zero-order chi connectivity index (χ0) is 11.6. The van der Waals surface area contributed by atoms with Gasteiger partial charge in [-0.25, -0.2) is 4.39 Å². The Morgan fingerprint density at radius 1 is 1.20 bits per heavy atom. The van der Waals surface area contributed by atoms with Gasteiger partial charge < -0.3 is 10.2 Å². The van der Waals surface area contributed by atoms with Crippen molar-refractivity contribution in [2.45, 2.75) is 33.0 Å². The zero-order valence-corrected chi connectivity index (χ0v) is 9.24. The van der Waals surface area contributed by atoms with E-state index in [4.69, 9.17) is 0 Å². The fourth-order valence-electron chi connectivity index (χ4n) is 1.35. The number of aliphatic hydroxyl groups excluding tert-OH is 2. The average molecular weight is 212 g/mol. The monoisotopic (exact) mass is 212 g/mol. The number of rotatable bonds is 2. The summed E-state index contributed by atoms with van der Waals surface area (Å²) in [7, 11) is 0. The van der Waals surface area contributed by atoms with Gasteiger partial charge >= 0.3 is 0 Å². The zero-order valence-electron chi connectivity index (χ0n) is 9.24. The molecule has 2 N–H and O–H groups in total. The summed E-state index contributed by atoms with van der Waals surface area (Å²) >= 11 is 0. The number of halogens is 1. The van der Waals surface area contributed by atoms with Gasteiger partial charge in [0.1, 0.15) is 11.9 Å². The summed E-state index contributed by atoms with van der Waals surface area (Å²) in [4.78, 5) is 0. The standard InChI is InChI=1S/C12H17FO2/c1-12(2,3)11(15)10(14)8-5-4-6-9(13)7-8/h4-7,10-11,14-15H,1-3H3. The summed E-state index contributed by atoms with van der Waals surface area (Å²) in [6, 6.07) is 5.66. The molecule has 0 amide bonds. The fourth-order valence-corrected chi connectivity index (χ4v) is 1.35. The van der Waals surface area contributed by atoms with E-state index in [1.807, 2.05) is 20.8 Å². The molecular formula is C12H17FO2. The summed E-state index contributed by atoms with van der Waals surface area (Å²) in [5.74, 6) is -0.410. The molecule has 2 atom stereocenters. The molecule has 2 nitrogen and oxygen atoms in total. The first-order valence-corrected chi connectivity index (χ1v) is 4.94. The molecule has 0 fully saturated rings. The Labute approximate surface area is 89.4 Å². The lowest BCUT2D eigenvalue weighted by atomic mass is 9.83. The number of aliphatic hydroxyl groups is 2. The molecule has 0 heterocycles. The third kappa shape index (κ3) is 3.01. The molecular weight excluding hydrogens is 195 g/mol. The largest absolute Gasteiger partial charge is 0.390 e. The van der Waals surface area contributed by atoms with E-state index >= 15 is 0 Å². The summed E-state index contributed by atoms with van der Waals surface area (Å²) < 4.78 is 12.9. The predicted molar refractivity (Wildman–Crippen MR) is 56.8 cm³/mol. The lowest BCUT2D eigenvalue weighted by Crippen LogP contribution is -2.32. The van der Waals surface area contributed by atoms with Crippen molar-refractivity contribution in [1.29, 1.82) is 0 Å². The highest BCUT2D eigenvalue weighted by Gasteiger charge is 2.30. The molecule has 0 aliphatic rings. The fraction of sp³-hybridized carbons (Fsp3) is 0.500. The smallest absolute Gasteiger partial charge is 0.123 e. The van der Waals surface area contributed by atoms with Gasteiger partial charge in [-0.3, -0.25) is 0 Å². The van der Waals surface area contributed by atoms with E-state index in [0.29, 0.717) is 5.56 Å². The predicted octanol–water partition coefficient (Wildman–Crippen LogP) is 2.27. The molecule has 3 heteroatoms. The van der Waals surface area contributed by atoms with E-state index in [0.717, 1.165) is 0 Å². The van der Waals surface area contributed by atoms with Gasteiger partial charge in [0.15, 0.2) is 0 Å². The summed E-state index contributed by atoms with van der Waals surface area (Å²) in [5, 5.41) is 19.7. The molecule has 0 spiro atoms. The first-order valence-electron chi connectivity index (χ1n) is 4.94. The molecule has 15 heavy (non-hydrogen) atoms. The molecule has 0 saturated heterocycles. The van der Waals surface area contributed by atoms with E-state index in [9.17, 15) is 14.6 Å². The van der Waals surface area contributed by atoms with Crippen LogP contribution in [0.4, 0.5) is 4.39 Å². The van der Waals surface area contributed by atoms with Gasteiger partial charge in [-0.1, -0.05) is 32.9 Å². The second-order valence-electron chi connectivity index (χ2n) is 4.81. The molecule has 0 aliphatic heterocycles. The second-order valence-corrected chi connectivity index (χ2v) is 4.81. The van der Waals surface area contributed by atoms with Gasteiger partial charge in [0.2, 0.25) is 0 Å². The van der Waals surface area contributed by atoms with Crippen LogP contribution in [0, 0.1) is 11.2 Å². The molecule has 2 unspecified atom stereocenters. The van der Waals surface area contributed by atoms with Crippen LogP contribution in [0.15, 0.2) is 24.3 Å². The van der Waals surface area contributed by atoms with Gasteiger partial charge in [-0.2, -0.15) is 0 Å². The molecule has 1 aromatic carbocycles. The maximum atomic E-state index is 12.9. The maximum Gasteiger partial charge on any atom is 0.123 e. The lowest BCUT2D eigenvalue weighted by Gasteiger charge is -2.30. The van der Waals surface area contributed by atoms with Gasteiger partial charge in [0.05, 0.1) is 6.10 Å². The van der Waals surface area contributed by atoms with Crippen LogP contribution in [0.25, 0.3) is 0 Å². The molecule has 0 aliphatic carbocycles. The van der Waals surface area contributed by atoms with Gasteiger partial charge in [-0.05, 0) is 23.1 Å². The van der Waals surface area contributed by atoms with E-state index in [1.165, 1.54) is 18.2 Å². The first-order chi connectivity index (χ1) is 6.82. The van der Waals surface area contributed by atoms with Crippen molar-refractivity contribution in [3.05, 3.63) is 35.6 Å². The quantitative estimate of drug-likeness (QED) is 0.789. The Bertz CT molecular complexity index is 331. The highest BCUT2D eigenvalue weighted by molar-refractivity contribution is 5.20. The highest BCUT2D eigenvalue weighted by atomic mass is 19.1. The Kier molecular flexibility index (Phi) is 3.47. The Morgan fingerprint density at radius 3 is 2.27 bits per heavy atom. The highest BCUT2D eigenvalue weighted by Crippen LogP contribution is 2.29. The van der Waals surface area contributed by atoms with Crippen molar-refractivity contribution in [2.24, 2.45) is 5.41 Å². The minimum absolute atomic E-state index is 0.400. The van der Waals surface area contributed by atoms with E-state index in [2.05, 4.69) is 0 Å². The molecule has 0 bridgehead atoms. The molecule has 0 aromatic heterocycles. The average Bonchev–Trinajstić information content (AvgIpc) is 2.14. The number of hydrogen-bond acceptors (Lipinski definition) is 2. The van der Waals surface area contributed by atoms with Crippen LogP contribution >= 0.6 is 0 Å². The van der Waals surface area contributed by atoms with Gasteiger partial charge in [0.25, 0.3) is 0 Å². The first kappa shape index (κ1) is 12.1. The summed E-state index contributed by atoms with van der Waals surface area (Å²) in [6.07, 6.45) is -1.97. The van der Waals surface area contributed by atoms with Crippen LogP contribution in [0.1, 0.15) is 32.4 Å². The summed E-state index contributed by atoms with van der Waals surface area (Å²) in [5.41, 5.74) is -0.0384. The molecule has 0 radical (unpaired) electrons. The molecule has 1 rings (SSSR count). The van der Waals surface area contributed by atoms with Crippen molar-refractivity contribution >= 4 is 0 Å². The van der Waals surface area contributed by atoms with Crippen molar-refractivity contribution in [2.75, 3.05) is 0 Å². The van der Waals surface area contributed by atoms with E-state index in [1.54, 1.807) is 6.07 Å². The van der Waals surface area contributed by atoms with Crippen molar-refractivity contribution in [3.8, 4) is 0 Å². The third-order valence-electron chi connectivity index (χ3n) is 2.38. The van der Waals surface area contributed by atoms with Crippen LogP contribution in [0.2, 0.25) is 0 Å². The van der Waals surface area contributed by atoms with Crippen LogP contribution in [-0.2, 0) is 0 Å². The van der Waals surface area contributed by atoms with Crippen molar-refractivity contribution in [3.63, 3.8) is 0 Å². The van der Waals surface area contributed by atoms with Gasteiger partial charge in [0, 0.05) is 0 Å². The third-order valence-corrected chi connectivity index (χ3v) is 2.38. The molecule has 84 valence electrons.